The van der Waals surface area contributed by atoms with E-state index in [1.165, 1.54) is 35.7 Å². The van der Waals surface area contributed by atoms with E-state index < -0.39 is 6.10 Å². The fourth-order valence-electron chi connectivity index (χ4n) is 5.20. The van der Waals surface area contributed by atoms with Crippen molar-refractivity contribution in [2.75, 3.05) is 13.1 Å². The molecule has 1 aliphatic carbocycles. The molecule has 0 radical (unpaired) electrons. The van der Waals surface area contributed by atoms with Crippen LogP contribution >= 0.6 is 15.9 Å². The van der Waals surface area contributed by atoms with E-state index in [9.17, 15) is 5.11 Å². The number of aliphatic hydroxyl groups excluding tert-OH is 1. The van der Waals surface area contributed by atoms with Gasteiger partial charge in [-0.1, -0.05) is 39.7 Å². The van der Waals surface area contributed by atoms with Crippen LogP contribution in [-0.4, -0.2) is 22.8 Å². The second kappa shape index (κ2) is 6.77. The summed E-state index contributed by atoms with van der Waals surface area (Å²) in [6, 6.07) is 15.5. The zero-order chi connectivity index (χ0) is 18.5. The number of quaternary nitrogens is 1. The van der Waals surface area contributed by atoms with Gasteiger partial charge in [-0.25, -0.2) is 0 Å². The van der Waals surface area contributed by atoms with E-state index in [2.05, 4.69) is 45.6 Å². The summed E-state index contributed by atoms with van der Waals surface area (Å²) in [5, 5.41) is 12.3. The minimum absolute atomic E-state index is 0.406. The van der Waals surface area contributed by atoms with Crippen molar-refractivity contribution in [3.63, 3.8) is 0 Å². The number of aromatic nitrogens is 1. The van der Waals surface area contributed by atoms with Gasteiger partial charge in [-0.05, 0) is 55.2 Å². The molecule has 2 aliphatic rings. The highest BCUT2D eigenvalue weighted by molar-refractivity contribution is 9.10. The van der Waals surface area contributed by atoms with Crippen molar-refractivity contribution >= 4 is 26.8 Å². The quantitative estimate of drug-likeness (QED) is 0.657. The topological polar surface area (TPSA) is 29.6 Å². The molecule has 1 unspecified atom stereocenters. The van der Waals surface area contributed by atoms with Gasteiger partial charge in [0.1, 0.15) is 18.7 Å². The van der Waals surface area contributed by atoms with Crippen LogP contribution in [0.2, 0.25) is 0 Å². The van der Waals surface area contributed by atoms with Crippen LogP contribution in [0, 0.1) is 6.92 Å². The maximum atomic E-state index is 10.8. The second-order valence-corrected chi connectivity index (χ2v) is 9.08. The Bertz CT molecular complexity index is 992. The summed E-state index contributed by atoms with van der Waals surface area (Å²) in [7, 11) is 0. The third-order valence-electron chi connectivity index (χ3n) is 6.48. The monoisotopic (exact) mass is 425 g/mol. The first kappa shape index (κ1) is 17.5. The Balaban J connectivity index is 1.49. The van der Waals surface area contributed by atoms with Crippen LogP contribution in [0.3, 0.4) is 0 Å². The van der Waals surface area contributed by atoms with Crippen molar-refractivity contribution in [2.45, 2.75) is 44.9 Å². The Hall–Kier alpha value is -1.62. The number of aryl methyl sites for hydroxylation is 2. The van der Waals surface area contributed by atoms with Gasteiger partial charge >= 0.3 is 0 Å². The molecule has 3 nitrogen and oxygen atoms in total. The Labute approximate surface area is 168 Å². The summed E-state index contributed by atoms with van der Waals surface area (Å²) in [6.07, 6.45) is 3.27. The molecule has 4 heteroatoms. The summed E-state index contributed by atoms with van der Waals surface area (Å²) >= 11 is 3.48. The largest absolute Gasteiger partial charge is 0.382 e. The SMILES string of the molecule is Cc1ccc2c(c1)c1c3n2CC[NH+](C[C@H](O)c2ccc(Br)cc2)[C@H]3CCC1. The van der Waals surface area contributed by atoms with Gasteiger partial charge in [0.05, 0.1) is 18.8 Å². The van der Waals surface area contributed by atoms with Crippen LogP contribution < -0.4 is 4.90 Å². The van der Waals surface area contributed by atoms with Crippen molar-refractivity contribution in [1.29, 1.82) is 0 Å². The molecule has 3 aromatic rings. The van der Waals surface area contributed by atoms with E-state index in [1.54, 1.807) is 16.2 Å². The second-order valence-electron chi connectivity index (χ2n) is 8.16. The van der Waals surface area contributed by atoms with Gasteiger partial charge < -0.3 is 14.6 Å². The highest BCUT2D eigenvalue weighted by atomic mass is 79.9. The Kier molecular flexibility index (Phi) is 4.38. The average Bonchev–Trinajstić information content (AvgIpc) is 2.99. The van der Waals surface area contributed by atoms with Gasteiger partial charge in [-0.2, -0.15) is 0 Å². The van der Waals surface area contributed by atoms with Gasteiger partial charge in [0.15, 0.2) is 0 Å². The normalized spacial score (nSPS) is 22.6. The molecule has 2 aromatic carbocycles. The summed E-state index contributed by atoms with van der Waals surface area (Å²) in [4.78, 5) is 1.54. The minimum atomic E-state index is -0.406. The molecule has 5 rings (SSSR count). The first-order chi connectivity index (χ1) is 13.1. The van der Waals surface area contributed by atoms with E-state index in [1.807, 2.05) is 24.3 Å². The fraction of sp³-hybridized carbons (Fsp3) is 0.391. The summed E-state index contributed by atoms with van der Waals surface area (Å²) in [5.74, 6) is 0. The average molecular weight is 426 g/mol. The van der Waals surface area contributed by atoms with Gasteiger partial charge in [-0.3, -0.25) is 0 Å². The number of hydrogen-bond donors (Lipinski definition) is 2. The summed E-state index contributed by atoms with van der Waals surface area (Å²) in [6.45, 7) is 5.11. The minimum Gasteiger partial charge on any atom is -0.382 e. The van der Waals surface area contributed by atoms with E-state index in [0.29, 0.717) is 6.04 Å². The molecule has 0 amide bonds. The molecule has 0 spiro atoms. The number of rotatable bonds is 3. The van der Waals surface area contributed by atoms with Crippen LogP contribution in [0.1, 0.15) is 47.4 Å². The number of benzene rings is 2. The van der Waals surface area contributed by atoms with Crippen molar-refractivity contribution in [2.24, 2.45) is 0 Å². The molecule has 2 heterocycles. The number of nitrogens with zero attached hydrogens (tertiary/aromatic N) is 1. The van der Waals surface area contributed by atoms with Crippen molar-refractivity contribution in [3.8, 4) is 0 Å². The zero-order valence-corrected chi connectivity index (χ0v) is 17.3. The van der Waals surface area contributed by atoms with Crippen LogP contribution in [0.25, 0.3) is 10.9 Å². The number of aliphatic hydroxyl groups is 1. The van der Waals surface area contributed by atoms with Gasteiger partial charge in [0.2, 0.25) is 0 Å². The van der Waals surface area contributed by atoms with Crippen LogP contribution in [0.15, 0.2) is 46.9 Å². The van der Waals surface area contributed by atoms with Crippen molar-refractivity contribution < 1.29 is 10.0 Å². The van der Waals surface area contributed by atoms with E-state index in [0.717, 1.165) is 29.7 Å². The lowest BCUT2D eigenvalue weighted by molar-refractivity contribution is -0.940. The smallest absolute Gasteiger partial charge is 0.129 e. The molecule has 27 heavy (non-hydrogen) atoms. The third-order valence-corrected chi connectivity index (χ3v) is 7.01. The predicted octanol–water partition coefficient (Wildman–Crippen LogP) is 3.72. The molecule has 2 N–H and O–H groups in total. The first-order valence-electron chi connectivity index (χ1n) is 10.0. The molecule has 0 saturated carbocycles. The van der Waals surface area contributed by atoms with Crippen LogP contribution in [0.4, 0.5) is 0 Å². The number of fused-ring (bicyclic) bond motifs is 3. The highest BCUT2D eigenvalue weighted by Crippen LogP contribution is 2.37. The van der Waals surface area contributed by atoms with Gasteiger partial charge in [0.25, 0.3) is 0 Å². The lowest BCUT2D eigenvalue weighted by Crippen LogP contribution is -3.14. The molecule has 0 fully saturated rings. The van der Waals surface area contributed by atoms with E-state index >= 15 is 0 Å². The number of halogens is 1. The summed E-state index contributed by atoms with van der Waals surface area (Å²) < 4.78 is 3.63. The van der Waals surface area contributed by atoms with E-state index in [-0.39, 0.29) is 0 Å². The van der Waals surface area contributed by atoms with Gasteiger partial charge in [0, 0.05) is 21.8 Å². The molecule has 0 saturated heterocycles. The predicted molar refractivity (Wildman–Crippen MR) is 112 cm³/mol. The Morgan fingerprint density at radius 3 is 2.85 bits per heavy atom. The number of hydrogen-bond acceptors (Lipinski definition) is 1. The number of nitrogens with one attached hydrogen (secondary N) is 1. The molecule has 1 aromatic heterocycles. The molecule has 1 aliphatic heterocycles. The highest BCUT2D eigenvalue weighted by Gasteiger charge is 2.38. The van der Waals surface area contributed by atoms with Crippen molar-refractivity contribution in [1.82, 2.24) is 4.57 Å². The first-order valence-corrected chi connectivity index (χ1v) is 10.8. The maximum absolute atomic E-state index is 10.8. The van der Waals surface area contributed by atoms with Crippen molar-refractivity contribution in [3.05, 3.63) is 69.3 Å². The van der Waals surface area contributed by atoms with Crippen LogP contribution in [-0.2, 0) is 13.0 Å². The van der Waals surface area contributed by atoms with E-state index in [4.69, 9.17) is 0 Å². The molecular formula is C23H26BrN2O+. The fourth-order valence-corrected chi connectivity index (χ4v) is 5.47. The summed E-state index contributed by atoms with van der Waals surface area (Å²) in [5.41, 5.74) is 6.89. The molecule has 140 valence electrons. The Morgan fingerprint density at radius 1 is 1.22 bits per heavy atom. The molecular weight excluding hydrogens is 400 g/mol. The molecule has 0 bridgehead atoms. The Morgan fingerprint density at radius 2 is 2.04 bits per heavy atom. The standard InChI is InChI=1S/C23H25BrN2O/c1-15-5-10-20-19(13-15)18-3-2-4-21-23(18)26(20)12-11-25(21)14-22(27)16-6-8-17(24)9-7-16/h5-10,13,21-22,27H,2-4,11-12,14H2,1H3/p+1/t21-,22-/m0/s1. The lowest BCUT2D eigenvalue weighted by atomic mass is 9.89. The van der Waals surface area contributed by atoms with Crippen LogP contribution in [0.5, 0.6) is 0 Å². The third kappa shape index (κ3) is 2.95. The maximum Gasteiger partial charge on any atom is 0.129 e. The van der Waals surface area contributed by atoms with Gasteiger partial charge in [-0.15, -0.1) is 0 Å². The lowest BCUT2D eigenvalue weighted by Gasteiger charge is -2.38. The zero-order valence-electron chi connectivity index (χ0n) is 15.7. The molecule has 3 atom stereocenters.